The van der Waals surface area contributed by atoms with Crippen molar-refractivity contribution in [3.05, 3.63) is 82.6 Å². The van der Waals surface area contributed by atoms with Crippen molar-refractivity contribution in [2.45, 2.75) is 13.3 Å². The lowest BCUT2D eigenvalue weighted by molar-refractivity contribution is 0.0621. The Labute approximate surface area is 178 Å². The first-order valence-electron chi connectivity index (χ1n) is 9.65. The molecule has 150 valence electrons. The summed E-state index contributed by atoms with van der Waals surface area (Å²) in [5, 5.41) is 4.38. The third-order valence-electron chi connectivity index (χ3n) is 4.95. The number of benzene rings is 2. The first-order chi connectivity index (χ1) is 14.2. The van der Waals surface area contributed by atoms with Crippen molar-refractivity contribution in [1.82, 2.24) is 19.6 Å². The van der Waals surface area contributed by atoms with Crippen LogP contribution < -0.4 is 4.74 Å². The third kappa shape index (κ3) is 5.25. The number of halogens is 1. The third-order valence-corrected chi connectivity index (χ3v) is 5.47. The van der Waals surface area contributed by atoms with Gasteiger partial charge in [-0.2, -0.15) is 5.10 Å². The molecule has 2 heterocycles. The van der Waals surface area contributed by atoms with E-state index in [0.29, 0.717) is 18.8 Å². The predicted molar refractivity (Wildman–Crippen MR) is 115 cm³/mol. The second-order valence-electron chi connectivity index (χ2n) is 7.02. The molecule has 6 nitrogen and oxygen atoms in total. The molecule has 7 heteroatoms. The van der Waals surface area contributed by atoms with Crippen molar-refractivity contribution in [2.75, 3.05) is 26.2 Å². The van der Waals surface area contributed by atoms with Crippen molar-refractivity contribution >= 4 is 21.8 Å². The summed E-state index contributed by atoms with van der Waals surface area (Å²) in [4.78, 5) is 17.0. The number of carbonyl (C=O) groups excluding carboxylic acids is 1. The number of hydrogen-bond acceptors (Lipinski definition) is 4. The number of piperazine rings is 1. The summed E-state index contributed by atoms with van der Waals surface area (Å²) < 4.78 is 8.34. The minimum atomic E-state index is -0.0215. The van der Waals surface area contributed by atoms with Crippen LogP contribution in [-0.2, 0) is 13.3 Å². The second kappa shape index (κ2) is 9.24. The quantitative estimate of drug-likeness (QED) is 0.570. The number of hydrogen-bond donors (Lipinski definition) is 0. The maximum Gasteiger partial charge on any atom is 0.274 e. The van der Waals surface area contributed by atoms with Crippen LogP contribution in [0.5, 0.6) is 5.75 Å². The molecule has 1 fully saturated rings. The van der Waals surface area contributed by atoms with E-state index in [-0.39, 0.29) is 12.6 Å². The van der Waals surface area contributed by atoms with Gasteiger partial charge in [0.05, 0.1) is 0 Å². The highest BCUT2D eigenvalue weighted by Crippen LogP contribution is 2.16. The van der Waals surface area contributed by atoms with E-state index >= 15 is 0 Å². The van der Waals surface area contributed by atoms with E-state index in [1.165, 1.54) is 5.56 Å². The van der Waals surface area contributed by atoms with E-state index in [1.807, 2.05) is 35.2 Å². The topological polar surface area (TPSA) is 50.6 Å². The van der Waals surface area contributed by atoms with Crippen LogP contribution in [0.2, 0.25) is 0 Å². The van der Waals surface area contributed by atoms with Gasteiger partial charge >= 0.3 is 0 Å². The smallest absolute Gasteiger partial charge is 0.274 e. The first kappa shape index (κ1) is 19.7. The Morgan fingerprint density at radius 1 is 0.966 bits per heavy atom. The zero-order valence-electron chi connectivity index (χ0n) is 16.1. The lowest BCUT2D eigenvalue weighted by Crippen LogP contribution is -2.48. The molecule has 1 aromatic heterocycles. The lowest BCUT2D eigenvalue weighted by atomic mass is 10.2. The number of ether oxygens (including phenoxy) is 1. The molecule has 1 saturated heterocycles. The van der Waals surface area contributed by atoms with Crippen LogP contribution in [0.3, 0.4) is 0 Å². The van der Waals surface area contributed by atoms with Crippen molar-refractivity contribution < 1.29 is 9.53 Å². The van der Waals surface area contributed by atoms with Crippen molar-refractivity contribution in [1.29, 1.82) is 0 Å². The van der Waals surface area contributed by atoms with Gasteiger partial charge in [-0.3, -0.25) is 9.69 Å². The van der Waals surface area contributed by atoms with Crippen LogP contribution in [-0.4, -0.2) is 51.7 Å². The van der Waals surface area contributed by atoms with Crippen LogP contribution >= 0.6 is 15.9 Å². The highest BCUT2D eigenvalue weighted by atomic mass is 79.9. The summed E-state index contributed by atoms with van der Waals surface area (Å²) >= 11 is 3.40. The number of aromatic nitrogens is 2. The highest BCUT2D eigenvalue weighted by molar-refractivity contribution is 9.10. The van der Waals surface area contributed by atoms with E-state index in [4.69, 9.17) is 4.74 Å². The van der Waals surface area contributed by atoms with Crippen molar-refractivity contribution in [3.8, 4) is 5.75 Å². The maximum absolute atomic E-state index is 12.8. The number of carbonyl (C=O) groups is 1. The Morgan fingerprint density at radius 3 is 2.41 bits per heavy atom. The van der Waals surface area contributed by atoms with Gasteiger partial charge in [-0.05, 0) is 35.9 Å². The number of amides is 1. The summed E-state index contributed by atoms with van der Waals surface area (Å²) in [6.45, 7) is 4.36. The average molecular weight is 455 g/mol. The molecule has 1 aliphatic heterocycles. The Bertz CT molecular complexity index is 935. The van der Waals surface area contributed by atoms with Gasteiger partial charge in [-0.1, -0.05) is 46.3 Å². The van der Waals surface area contributed by atoms with Crippen LogP contribution in [0.4, 0.5) is 0 Å². The van der Waals surface area contributed by atoms with Gasteiger partial charge in [-0.15, -0.1) is 0 Å². The summed E-state index contributed by atoms with van der Waals surface area (Å²) in [6, 6.07) is 19.8. The Balaban J connectivity index is 1.27. The zero-order chi connectivity index (χ0) is 20.1. The van der Waals surface area contributed by atoms with Gasteiger partial charge in [-0.25, -0.2) is 4.68 Å². The normalized spacial score (nSPS) is 14.7. The van der Waals surface area contributed by atoms with E-state index in [1.54, 1.807) is 16.9 Å². The van der Waals surface area contributed by atoms with Gasteiger partial charge in [0, 0.05) is 43.4 Å². The summed E-state index contributed by atoms with van der Waals surface area (Å²) in [5.74, 6) is 0.734. The molecular weight excluding hydrogens is 432 g/mol. The Hall–Kier alpha value is -2.64. The van der Waals surface area contributed by atoms with Gasteiger partial charge < -0.3 is 9.64 Å². The maximum atomic E-state index is 12.8. The molecule has 0 bridgehead atoms. The fourth-order valence-corrected chi connectivity index (χ4v) is 3.60. The van der Waals surface area contributed by atoms with E-state index in [2.05, 4.69) is 50.2 Å². The van der Waals surface area contributed by atoms with E-state index in [0.717, 1.165) is 29.9 Å². The van der Waals surface area contributed by atoms with Crippen molar-refractivity contribution in [2.24, 2.45) is 0 Å². The molecule has 1 aliphatic rings. The number of rotatable bonds is 6. The standard InChI is InChI=1S/C22H23BrN4O2/c23-19-6-8-20(9-7-19)29-17-27-11-10-21(24-27)22(28)26-14-12-25(13-15-26)16-18-4-2-1-3-5-18/h1-11H,12-17H2. The van der Waals surface area contributed by atoms with E-state index < -0.39 is 0 Å². The zero-order valence-corrected chi connectivity index (χ0v) is 17.7. The molecule has 0 spiro atoms. The molecule has 4 rings (SSSR count). The predicted octanol–water partition coefficient (Wildman–Crippen LogP) is 3.64. The molecule has 0 saturated carbocycles. The largest absolute Gasteiger partial charge is 0.471 e. The summed E-state index contributed by atoms with van der Waals surface area (Å²) in [6.07, 6.45) is 1.78. The molecule has 1 amide bonds. The molecular formula is C22H23BrN4O2. The Kier molecular flexibility index (Phi) is 6.27. The van der Waals surface area contributed by atoms with Gasteiger partial charge in [0.2, 0.25) is 0 Å². The molecule has 2 aromatic carbocycles. The monoisotopic (exact) mass is 454 g/mol. The molecule has 0 N–H and O–H groups in total. The molecule has 29 heavy (non-hydrogen) atoms. The summed E-state index contributed by atoms with van der Waals surface area (Å²) in [5.41, 5.74) is 1.76. The van der Waals surface area contributed by atoms with Gasteiger partial charge in [0.25, 0.3) is 5.91 Å². The highest BCUT2D eigenvalue weighted by Gasteiger charge is 2.23. The van der Waals surface area contributed by atoms with Crippen LogP contribution in [0.25, 0.3) is 0 Å². The molecule has 0 atom stereocenters. The number of nitrogens with zero attached hydrogens (tertiary/aromatic N) is 4. The first-order valence-corrected chi connectivity index (χ1v) is 10.4. The van der Waals surface area contributed by atoms with E-state index in [9.17, 15) is 4.79 Å². The van der Waals surface area contributed by atoms with Gasteiger partial charge in [0.1, 0.15) is 5.75 Å². The minimum Gasteiger partial charge on any atom is -0.471 e. The fourth-order valence-electron chi connectivity index (χ4n) is 3.33. The fraction of sp³-hybridized carbons (Fsp3) is 0.273. The SMILES string of the molecule is O=C(c1ccn(COc2ccc(Br)cc2)n1)N1CCN(Cc2ccccc2)CC1. The summed E-state index contributed by atoms with van der Waals surface area (Å²) in [7, 11) is 0. The molecule has 0 aliphatic carbocycles. The molecule has 0 radical (unpaired) electrons. The lowest BCUT2D eigenvalue weighted by Gasteiger charge is -2.34. The van der Waals surface area contributed by atoms with Crippen LogP contribution in [0.15, 0.2) is 71.3 Å². The average Bonchev–Trinajstić information content (AvgIpc) is 3.23. The van der Waals surface area contributed by atoms with Gasteiger partial charge in [0.15, 0.2) is 12.4 Å². The van der Waals surface area contributed by atoms with Crippen LogP contribution in [0, 0.1) is 0 Å². The van der Waals surface area contributed by atoms with Crippen LogP contribution in [0.1, 0.15) is 16.1 Å². The molecule has 3 aromatic rings. The Morgan fingerprint density at radius 2 is 1.69 bits per heavy atom. The minimum absolute atomic E-state index is 0.0215. The van der Waals surface area contributed by atoms with Crippen molar-refractivity contribution in [3.63, 3.8) is 0 Å². The molecule has 0 unspecified atom stereocenters. The second-order valence-corrected chi connectivity index (χ2v) is 7.94.